The van der Waals surface area contributed by atoms with Gasteiger partial charge in [0.1, 0.15) is 11.2 Å². The number of para-hydroxylation sites is 1. The van der Waals surface area contributed by atoms with Gasteiger partial charge in [-0.1, -0.05) is 43.7 Å². The molecule has 6 aliphatic rings. The summed E-state index contributed by atoms with van der Waals surface area (Å²) >= 11 is 0. The molecule has 288 valence electrons. The number of aromatic amines is 1. The Labute approximate surface area is 318 Å². The van der Waals surface area contributed by atoms with Gasteiger partial charge in [-0.15, -0.1) is 0 Å². The first-order chi connectivity index (χ1) is 26.0. The van der Waals surface area contributed by atoms with Crippen LogP contribution in [0.4, 0.5) is 5.69 Å². The Morgan fingerprint density at radius 2 is 1.78 bits per heavy atom. The molecule has 0 amide bonds. The number of aromatic nitrogens is 1. The molecule has 6 heterocycles. The number of rotatable bonds is 6. The van der Waals surface area contributed by atoms with E-state index in [1.54, 1.807) is 7.11 Å². The van der Waals surface area contributed by atoms with Crippen molar-refractivity contribution >= 4 is 28.5 Å². The summed E-state index contributed by atoms with van der Waals surface area (Å²) in [4.78, 5) is 40.4. The monoisotopic (exact) mass is 736 g/mol. The van der Waals surface area contributed by atoms with Gasteiger partial charge in [-0.2, -0.15) is 0 Å². The lowest BCUT2D eigenvalue weighted by Crippen LogP contribution is -2.75. The number of carbonyl (C=O) groups excluding carboxylic acids is 2. The van der Waals surface area contributed by atoms with Crippen LogP contribution in [0.3, 0.4) is 0 Å². The topological polar surface area (TPSA) is 108 Å². The molecular formula is C44H56N4O6. The van der Waals surface area contributed by atoms with E-state index in [0.29, 0.717) is 18.6 Å². The molecule has 8 atom stereocenters. The second-order valence-corrected chi connectivity index (χ2v) is 17.3. The molecule has 9 rings (SSSR count). The Morgan fingerprint density at radius 3 is 2.52 bits per heavy atom. The number of nitrogens with zero attached hydrogens (tertiary/aromatic N) is 3. The largest absolute Gasteiger partial charge is 0.496 e. The molecule has 1 spiro atoms. The quantitative estimate of drug-likeness (QED) is 0.252. The molecule has 2 bridgehead atoms. The van der Waals surface area contributed by atoms with Crippen molar-refractivity contribution in [3.63, 3.8) is 0 Å². The number of carbonyl (C=O) groups is 2. The lowest BCUT2D eigenvalue weighted by Gasteiger charge is -2.62. The van der Waals surface area contributed by atoms with Gasteiger partial charge in [0.2, 0.25) is 0 Å². The minimum absolute atomic E-state index is 0.0869. The van der Waals surface area contributed by atoms with E-state index in [0.717, 1.165) is 110 Å². The predicted molar refractivity (Wildman–Crippen MR) is 208 cm³/mol. The fourth-order valence-corrected chi connectivity index (χ4v) is 13.2. The van der Waals surface area contributed by atoms with E-state index in [1.807, 2.05) is 13.1 Å². The van der Waals surface area contributed by atoms with Gasteiger partial charge in [-0.25, -0.2) is 4.79 Å². The van der Waals surface area contributed by atoms with Crippen molar-refractivity contribution in [2.45, 2.75) is 93.7 Å². The molecule has 1 unspecified atom stereocenters. The minimum atomic E-state index is -1.73. The maximum Gasteiger partial charge on any atom is 0.340 e. The molecular weight excluding hydrogens is 681 g/mol. The maximum atomic E-state index is 15.2. The summed E-state index contributed by atoms with van der Waals surface area (Å²) in [5.41, 5.74) is 3.33. The van der Waals surface area contributed by atoms with Gasteiger partial charge >= 0.3 is 11.9 Å². The lowest BCUT2D eigenvalue weighted by atomic mass is 9.48. The number of benzene rings is 2. The fourth-order valence-electron chi connectivity index (χ4n) is 13.2. The van der Waals surface area contributed by atoms with Gasteiger partial charge < -0.3 is 29.2 Å². The van der Waals surface area contributed by atoms with Gasteiger partial charge in [0.05, 0.1) is 27.4 Å². The predicted octanol–water partition coefficient (Wildman–Crippen LogP) is 5.48. The highest BCUT2D eigenvalue weighted by molar-refractivity contribution is 5.94. The summed E-state index contributed by atoms with van der Waals surface area (Å²) in [6.45, 7) is 9.00. The summed E-state index contributed by atoms with van der Waals surface area (Å²) in [5, 5.41) is 14.0. The standard InChI is InChI=1S/C44H56N4O6/c1-7-27-20-28-23-43(39(49)53-5,36-30(14-18-47(24-27)25-28)29-12-9-10-13-33(29)45-36)32-21-31-34(22-35(32)52-4)46(3)38-42(31)16-19-48-17-11-15-41(8-2,37(42)48)26-44(38,51)40(50)54-6/h9-10,12-13,20-22,28,37-38,45,51H,7-8,11,14-19,23-26H2,1-6H3/t28-,37+,38-,41+,42-,43-,44-/m0/s1. The Kier molecular flexibility index (Phi) is 8.35. The molecule has 54 heavy (non-hydrogen) atoms. The van der Waals surface area contributed by atoms with Crippen molar-refractivity contribution in [3.8, 4) is 5.75 Å². The van der Waals surface area contributed by atoms with E-state index in [4.69, 9.17) is 14.2 Å². The van der Waals surface area contributed by atoms with E-state index in [9.17, 15) is 9.90 Å². The zero-order valence-corrected chi connectivity index (χ0v) is 32.8. The van der Waals surface area contributed by atoms with Crippen molar-refractivity contribution in [2.24, 2.45) is 11.3 Å². The molecule has 5 aliphatic heterocycles. The van der Waals surface area contributed by atoms with Crippen molar-refractivity contribution in [3.05, 3.63) is 70.4 Å². The third-order valence-electron chi connectivity index (χ3n) is 15.1. The highest BCUT2D eigenvalue weighted by atomic mass is 16.5. The first kappa shape index (κ1) is 35.8. The molecule has 1 aliphatic carbocycles. The van der Waals surface area contributed by atoms with E-state index in [2.05, 4.69) is 69.9 Å². The molecule has 1 aromatic heterocycles. The third kappa shape index (κ3) is 4.56. The van der Waals surface area contributed by atoms with Gasteiger partial charge in [-0.3, -0.25) is 14.6 Å². The lowest BCUT2D eigenvalue weighted by molar-refractivity contribution is -0.188. The summed E-state index contributed by atoms with van der Waals surface area (Å²) in [7, 11) is 6.59. The number of ether oxygens (including phenoxy) is 3. The molecule has 0 radical (unpaired) electrons. The number of nitrogens with one attached hydrogen (secondary N) is 1. The number of H-pyrrole nitrogens is 1. The Balaban J connectivity index is 1.36. The number of anilines is 1. The molecule has 10 heteroatoms. The van der Waals surface area contributed by atoms with Gasteiger partial charge in [-0.05, 0) is 99.0 Å². The van der Waals surface area contributed by atoms with E-state index < -0.39 is 28.4 Å². The number of hydrogen-bond donors (Lipinski definition) is 2. The second kappa shape index (κ2) is 12.6. The van der Waals surface area contributed by atoms with Crippen LogP contribution in [0.5, 0.6) is 5.75 Å². The number of hydrogen-bond acceptors (Lipinski definition) is 9. The number of methoxy groups -OCH3 is 3. The molecule has 1 saturated carbocycles. The molecule has 3 aromatic rings. The van der Waals surface area contributed by atoms with Crippen molar-refractivity contribution in [1.82, 2.24) is 14.8 Å². The number of piperidine rings is 1. The zero-order valence-electron chi connectivity index (χ0n) is 32.8. The van der Waals surface area contributed by atoms with Gasteiger partial charge in [0, 0.05) is 72.1 Å². The van der Waals surface area contributed by atoms with Crippen LogP contribution in [-0.4, -0.2) is 111 Å². The number of fused-ring (bicyclic) bond motifs is 6. The Bertz CT molecular complexity index is 2060. The van der Waals surface area contributed by atoms with E-state index >= 15 is 4.79 Å². The van der Waals surface area contributed by atoms with Crippen LogP contribution in [0.25, 0.3) is 10.9 Å². The van der Waals surface area contributed by atoms with Crippen LogP contribution in [0.2, 0.25) is 0 Å². The first-order valence-electron chi connectivity index (χ1n) is 20.2. The molecule has 2 saturated heterocycles. The van der Waals surface area contributed by atoms with Crippen molar-refractivity contribution in [2.75, 3.05) is 66.0 Å². The summed E-state index contributed by atoms with van der Waals surface area (Å²) in [6.07, 6.45) is 8.61. The molecule has 2 N–H and O–H groups in total. The average molecular weight is 737 g/mol. The van der Waals surface area contributed by atoms with Crippen LogP contribution in [0, 0.1) is 11.3 Å². The summed E-state index contributed by atoms with van der Waals surface area (Å²) in [6, 6.07) is 12.3. The van der Waals surface area contributed by atoms with Crippen LogP contribution < -0.4 is 9.64 Å². The Hall–Kier alpha value is -3.86. The van der Waals surface area contributed by atoms with Gasteiger partial charge in [0.25, 0.3) is 0 Å². The van der Waals surface area contributed by atoms with E-state index in [1.165, 1.54) is 19.8 Å². The van der Waals surface area contributed by atoms with Gasteiger partial charge in [0.15, 0.2) is 5.60 Å². The fraction of sp³-hybridized carbons (Fsp3) is 0.591. The smallest absolute Gasteiger partial charge is 0.340 e. The summed E-state index contributed by atoms with van der Waals surface area (Å²) < 4.78 is 17.8. The van der Waals surface area contributed by atoms with E-state index in [-0.39, 0.29) is 23.3 Å². The summed E-state index contributed by atoms with van der Waals surface area (Å²) in [5.74, 6) is -0.204. The second-order valence-electron chi connectivity index (χ2n) is 17.3. The van der Waals surface area contributed by atoms with Crippen LogP contribution >= 0.6 is 0 Å². The number of esters is 2. The van der Waals surface area contributed by atoms with Crippen LogP contribution in [-0.2, 0) is 36.3 Å². The highest BCUT2D eigenvalue weighted by Crippen LogP contribution is 2.68. The molecule has 2 aromatic carbocycles. The maximum absolute atomic E-state index is 15.2. The highest BCUT2D eigenvalue weighted by Gasteiger charge is 2.76. The first-order valence-corrected chi connectivity index (χ1v) is 20.2. The van der Waals surface area contributed by atoms with Crippen molar-refractivity contribution in [1.29, 1.82) is 0 Å². The molecule has 3 fully saturated rings. The minimum Gasteiger partial charge on any atom is -0.496 e. The number of likely N-dealkylation sites (N-methyl/N-ethyl adjacent to an activating group) is 1. The SMILES string of the molecule is CCC1=C[C@@H]2CN(CCc3c([nH]c4ccccc34)[C@@](C(=O)OC)(c3cc4c(cc3OC)N(C)[C@H]3[C@@]45CCN4CCC[C@](CC)(C[C@@]3(O)C(=O)OC)[C@@H]45)C2)C1. The Morgan fingerprint density at radius 1 is 0.981 bits per heavy atom. The number of aliphatic hydroxyl groups is 1. The average Bonchev–Trinajstić information content (AvgIpc) is 3.85. The third-order valence-corrected chi connectivity index (χ3v) is 15.1. The normalized spacial score (nSPS) is 35.5. The van der Waals surface area contributed by atoms with Crippen molar-refractivity contribution < 1.29 is 28.9 Å². The van der Waals surface area contributed by atoms with Crippen LogP contribution in [0.15, 0.2) is 48.0 Å². The van der Waals surface area contributed by atoms with Crippen LogP contribution in [0.1, 0.15) is 81.2 Å². The molecule has 10 nitrogen and oxygen atoms in total. The zero-order chi connectivity index (χ0) is 37.8.